The average Bonchev–Trinajstić information content (AvgIpc) is 3.18. The Balaban J connectivity index is 1.25. The third kappa shape index (κ3) is 4.78. The maximum Gasteiger partial charge on any atom is 0.244 e. The minimum atomic E-state index is 0.199. The van der Waals surface area contributed by atoms with Crippen LogP contribution in [0.2, 0.25) is 0 Å². The molecule has 5 nitrogen and oxygen atoms in total. The van der Waals surface area contributed by atoms with E-state index in [-0.39, 0.29) is 5.91 Å². The highest BCUT2D eigenvalue weighted by atomic mass is 16.2. The van der Waals surface area contributed by atoms with Crippen LogP contribution in [0.4, 0.5) is 0 Å². The fraction of sp³-hybridized carbons (Fsp3) is 0.545. The maximum atomic E-state index is 12.7. The summed E-state index contributed by atoms with van der Waals surface area (Å²) in [5.41, 5.74) is 2.53. The molecule has 1 aromatic heterocycles. The SMILES string of the molecule is O=C(Cn1ccc([C@H]2CCCNC2)n1)N1CCC(Cc2ccccc2)CC1. The lowest BCUT2D eigenvalue weighted by Crippen LogP contribution is -2.40. The van der Waals surface area contributed by atoms with Crippen molar-refractivity contribution in [2.75, 3.05) is 26.2 Å². The van der Waals surface area contributed by atoms with Gasteiger partial charge in [0.15, 0.2) is 0 Å². The molecule has 1 N–H and O–H groups in total. The number of nitrogens with zero attached hydrogens (tertiary/aromatic N) is 3. The minimum absolute atomic E-state index is 0.199. The molecule has 0 spiro atoms. The van der Waals surface area contributed by atoms with Gasteiger partial charge in [0.05, 0.1) is 5.69 Å². The van der Waals surface area contributed by atoms with E-state index in [2.05, 4.69) is 46.8 Å². The molecule has 1 amide bonds. The lowest BCUT2D eigenvalue weighted by molar-refractivity contribution is -0.133. The van der Waals surface area contributed by atoms with Crippen LogP contribution < -0.4 is 5.32 Å². The first-order valence-electron chi connectivity index (χ1n) is 10.3. The van der Waals surface area contributed by atoms with Crippen molar-refractivity contribution < 1.29 is 4.79 Å². The molecule has 2 saturated heterocycles. The van der Waals surface area contributed by atoms with Gasteiger partial charge < -0.3 is 10.2 Å². The van der Waals surface area contributed by atoms with Gasteiger partial charge in [-0.15, -0.1) is 0 Å². The summed E-state index contributed by atoms with van der Waals surface area (Å²) >= 11 is 0. The van der Waals surface area contributed by atoms with E-state index in [1.165, 1.54) is 18.4 Å². The van der Waals surface area contributed by atoms with Gasteiger partial charge in [0, 0.05) is 31.7 Å². The number of carbonyl (C=O) groups excluding carboxylic acids is 1. The molecule has 2 aliphatic heterocycles. The minimum Gasteiger partial charge on any atom is -0.341 e. The second-order valence-corrected chi connectivity index (χ2v) is 8.00. The summed E-state index contributed by atoms with van der Waals surface area (Å²) < 4.78 is 1.82. The van der Waals surface area contributed by atoms with Crippen LogP contribution in [0.25, 0.3) is 0 Å². The molecule has 2 aromatic rings. The second kappa shape index (κ2) is 8.70. The number of aromatic nitrogens is 2. The normalized spacial score (nSPS) is 21.3. The van der Waals surface area contributed by atoms with Crippen molar-refractivity contribution >= 4 is 5.91 Å². The van der Waals surface area contributed by atoms with E-state index in [1.807, 2.05) is 15.8 Å². The molecule has 0 aliphatic carbocycles. The standard InChI is InChI=1S/C22H30N4O/c27-22(17-26-14-10-21(24-26)20-7-4-11-23-16-20)25-12-8-19(9-13-25)15-18-5-2-1-3-6-18/h1-3,5-6,10,14,19-20,23H,4,7-9,11-13,15-17H2/t20-/m0/s1. The average molecular weight is 367 g/mol. The highest BCUT2D eigenvalue weighted by molar-refractivity contribution is 5.76. The van der Waals surface area contributed by atoms with Crippen LogP contribution in [0.5, 0.6) is 0 Å². The van der Waals surface area contributed by atoms with Crippen LogP contribution in [0.1, 0.15) is 42.9 Å². The summed E-state index contributed by atoms with van der Waals surface area (Å²) in [4.78, 5) is 14.7. The Hall–Kier alpha value is -2.14. The molecule has 27 heavy (non-hydrogen) atoms. The van der Waals surface area contributed by atoms with Gasteiger partial charge in [-0.25, -0.2) is 0 Å². The van der Waals surface area contributed by atoms with E-state index in [0.717, 1.165) is 51.1 Å². The van der Waals surface area contributed by atoms with Crippen molar-refractivity contribution in [3.63, 3.8) is 0 Å². The van der Waals surface area contributed by atoms with Gasteiger partial charge >= 0.3 is 0 Å². The van der Waals surface area contributed by atoms with Crippen molar-refractivity contribution in [1.82, 2.24) is 20.0 Å². The number of nitrogens with one attached hydrogen (secondary N) is 1. The van der Waals surface area contributed by atoms with Crippen LogP contribution in [0.15, 0.2) is 42.6 Å². The van der Waals surface area contributed by atoms with Crippen LogP contribution in [-0.4, -0.2) is 46.8 Å². The summed E-state index contributed by atoms with van der Waals surface area (Å²) in [5.74, 6) is 1.37. The molecular formula is C22H30N4O. The first kappa shape index (κ1) is 18.2. The lowest BCUT2D eigenvalue weighted by atomic mass is 9.90. The molecule has 0 bridgehead atoms. The summed E-state index contributed by atoms with van der Waals surface area (Å²) in [5, 5.41) is 8.10. The van der Waals surface area contributed by atoms with Gasteiger partial charge in [-0.3, -0.25) is 9.48 Å². The van der Waals surface area contributed by atoms with Gasteiger partial charge in [-0.1, -0.05) is 30.3 Å². The summed E-state index contributed by atoms with van der Waals surface area (Å²) in [7, 11) is 0. The van der Waals surface area contributed by atoms with E-state index in [9.17, 15) is 4.79 Å². The number of likely N-dealkylation sites (tertiary alicyclic amines) is 1. The number of hydrogen-bond acceptors (Lipinski definition) is 3. The van der Waals surface area contributed by atoms with Gasteiger partial charge in [-0.2, -0.15) is 5.10 Å². The Labute approximate surface area is 161 Å². The van der Waals surface area contributed by atoms with Crippen LogP contribution in [-0.2, 0) is 17.8 Å². The Morgan fingerprint density at radius 3 is 2.67 bits per heavy atom. The van der Waals surface area contributed by atoms with Crippen molar-refractivity contribution in [1.29, 1.82) is 0 Å². The Morgan fingerprint density at radius 2 is 1.93 bits per heavy atom. The number of piperidine rings is 2. The second-order valence-electron chi connectivity index (χ2n) is 8.00. The zero-order valence-corrected chi connectivity index (χ0v) is 16.0. The molecule has 144 valence electrons. The number of amides is 1. The third-order valence-electron chi connectivity index (χ3n) is 6.01. The molecule has 2 aliphatic rings. The largest absolute Gasteiger partial charge is 0.341 e. The van der Waals surface area contributed by atoms with Crippen molar-refractivity contribution in [2.24, 2.45) is 5.92 Å². The van der Waals surface area contributed by atoms with Crippen molar-refractivity contribution in [3.8, 4) is 0 Å². The Bertz CT molecular complexity index is 728. The Morgan fingerprint density at radius 1 is 1.11 bits per heavy atom. The molecule has 1 aromatic carbocycles. The van der Waals surface area contributed by atoms with E-state index in [4.69, 9.17) is 0 Å². The van der Waals surface area contributed by atoms with Crippen LogP contribution in [0, 0.1) is 5.92 Å². The number of rotatable bonds is 5. The van der Waals surface area contributed by atoms with Gasteiger partial charge in [0.25, 0.3) is 0 Å². The fourth-order valence-corrected chi connectivity index (χ4v) is 4.36. The summed E-state index contributed by atoms with van der Waals surface area (Å²) in [6.45, 7) is 4.22. The molecule has 0 saturated carbocycles. The number of hydrogen-bond donors (Lipinski definition) is 1. The maximum absolute atomic E-state index is 12.7. The first-order chi connectivity index (χ1) is 13.3. The molecule has 4 rings (SSSR count). The molecule has 3 heterocycles. The highest BCUT2D eigenvalue weighted by Crippen LogP contribution is 2.23. The molecule has 1 atom stereocenters. The lowest BCUT2D eigenvalue weighted by Gasteiger charge is -2.32. The van der Waals surface area contributed by atoms with Crippen molar-refractivity contribution in [2.45, 2.75) is 44.6 Å². The molecule has 0 radical (unpaired) electrons. The monoisotopic (exact) mass is 366 g/mol. The predicted octanol–water partition coefficient (Wildman–Crippen LogP) is 2.83. The number of carbonyl (C=O) groups is 1. The highest BCUT2D eigenvalue weighted by Gasteiger charge is 2.24. The zero-order chi connectivity index (χ0) is 18.5. The van der Waals surface area contributed by atoms with E-state index in [1.54, 1.807) is 0 Å². The van der Waals surface area contributed by atoms with Crippen molar-refractivity contribution in [3.05, 3.63) is 53.9 Å². The van der Waals surface area contributed by atoms with Crippen LogP contribution >= 0.6 is 0 Å². The zero-order valence-electron chi connectivity index (χ0n) is 16.0. The first-order valence-corrected chi connectivity index (χ1v) is 10.3. The predicted molar refractivity (Wildman–Crippen MR) is 107 cm³/mol. The van der Waals surface area contributed by atoms with Gasteiger partial charge in [0.2, 0.25) is 5.91 Å². The van der Waals surface area contributed by atoms with E-state index < -0.39 is 0 Å². The molecule has 0 unspecified atom stereocenters. The van der Waals surface area contributed by atoms with Gasteiger partial charge in [0.1, 0.15) is 6.54 Å². The quantitative estimate of drug-likeness (QED) is 0.885. The third-order valence-corrected chi connectivity index (χ3v) is 6.01. The van der Waals surface area contributed by atoms with E-state index >= 15 is 0 Å². The van der Waals surface area contributed by atoms with Gasteiger partial charge in [-0.05, 0) is 56.2 Å². The summed E-state index contributed by atoms with van der Waals surface area (Å²) in [6, 6.07) is 12.8. The molecule has 2 fully saturated rings. The smallest absolute Gasteiger partial charge is 0.244 e. The van der Waals surface area contributed by atoms with Crippen LogP contribution in [0.3, 0.4) is 0 Å². The molecule has 5 heteroatoms. The Kier molecular flexibility index (Phi) is 5.87. The van der Waals surface area contributed by atoms with E-state index in [0.29, 0.717) is 18.4 Å². The summed E-state index contributed by atoms with van der Waals surface area (Å²) in [6.07, 6.45) is 7.67. The molecular weight excluding hydrogens is 336 g/mol. The topological polar surface area (TPSA) is 50.2 Å². The fourth-order valence-electron chi connectivity index (χ4n) is 4.36. The number of benzene rings is 1.